The number of alkyl halides is 1. The summed E-state index contributed by atoms with van der Waals surface area (Å²) in [4.78, 5) is 55.4. The Bertz CT molecular complexity index is 4630. The van der Waals surface area contributed by atoms with Crippen molar-refractivity contribution in [3.63, 3.8) is 0 Å². The molecule has 10 rings (SSSR count). The van der Waals surface area contributed by atoms with E-state index in [4.69, 9.17) is 95.4 Å². The molecular formula is C63H62AlBBr4Cl4O11. The quantitative estimate of drug-likeness (QED) is 0.0328. The number of furan rings is 3. The van der Waals surface area contributed by atoms with Gasteiger partial charge in [-0.15, -0.1) is 47.3 Å². The lowest BCUT2D eigenvalue weighted by Gasteiger charge is -2.02. The van der Waals surface area contributed by atoms with Crippen LogP contribution in [-0.2, 0) is 22.4 Å². The van der Waals surface area contributed by atoms with Crippen LogP contribution in [0, 0.1) is 13.8 Å². The van der Waals surface area contributed by atoms with Gasteiger partial charge in [-0.25, -0.2) is 30.1 Å². The minimum absolute atomic E-state index is 0.0243. The molecule has 0 saturated carbocycles. The number of allylic oxidation sites excluding steroid dienone is 5. The van der Waals surface area contributed by atoms with Crippen molar-refractivity contribution in [2.75, 3.05) is 12.4 Å². The molecule has 0 bridgehead atoms. The van der Waals surface area contributed by atoms with Crippen LogP contribution in [0.15, 0.2) is 213 Å². The van der Waals surface area contributed by atoms with E-state index in [1.54, 1.807) is 30.3 Å². The van der Waals surface area contributed by atoms with Crippen LogP contribution in [0.1, 0.15) is 116 Å². The minimum Gasteiger partial charge on any atom is -0.515 e. The zero-order chi connectivity index (χ0) is 82.1. The molecule has 3 N–H and O–H groups in total. The lowest BCUT2D eigenvalue weighted by Crippen LogP contribution is -2.03. The molecule has 3 heterocycles. The summed E-state index contributed by atoms with van der Waals surface area (Å²) in [5, 5.41) is 20.4. The molecule has 9 aromatic rings. The first-order valence-corrected chi connectivity index (χ1v) is 33.0. The maximum atomic E-state index is 13.0. The third-order valence-electron chi connectivity index (χ3n) is 9.10. The fourth-order valence-electron chi connectivity index (χ4n) is 5.46. The second-order valence-electron chi connectivity index (χ2n) is 15.2. The number of aromatic hydroxyl groups is 1. The third-order valence-corrected chi connectivity index (χ3v) is 10.1. The maximum absolute atomic E-state index is 13.0. The number of benzene rings is 6. The largest absolute Gasteiger partial charge is 0.643 e. The van der Waals surface area contributed by atoms with E-state index in [9.17, 15) is 24.0 Å². The van der Waals surface area contributed by atoms with Gasteiger partial charge in [0.15, 0.2) is 23.1 Å². The first kappa shape index (κ1) is 46.9. The number of fused-ring (bicyclic) bond motifs is 3. The summed E-state index contributed by atoms with van der Waals surface area (Å²) in [5.41, 5.74) is 3.29. The molecule has 84 heavy (non-hydrogen) atoms. The summed E-state index contributed by atoms with van der Waals surface area (Å²) >= 11 is 15.8. The Morgan fingerprint density at radius 2 is 1.12 bits per heavy atom. The van der Waals surface area contributed by atoms with Crippen molar-refractivity contribution in [1.82, 2.24) is 0 Å². The Kier molecular flexibility index (Phi) is 24.7. The summed E-state index contributed by atoms with van der Waals surface area (Å²) in [7, 11) is 15.8. The Balaban J connectivity index is 0.000000622. The van der Waals surface area contributed by atoms with Crippen LogP contribution in [0.2, 0.25) is 0 Å². The molecule has 0 radical (unpaired) electrons. The number of carbonyl (C=O) groups is 5. The predicted molar refractivity (Wildman–Crippen MR) is 364 cm³/mol. The number of hydrogen-bond acceptors (Lipinski definition) is 11. The van der Waals surface area contributed by atoms with E-state index in [-0.39, 0.29) is 132 Å². The number of phenolic OH excluding ortho intramolecular Hbond substituents is 1. The van der Waals surface area contributed by atoms with Gasteiger partial charge >= 0.3 is 14.6 Å². The summed E-state index contributed by atoms with van der Waals surface area (Å²) in [6, 6.07) is 9.50. The van der Waals surface area contributed by atoms with Gasteiger partial charge < -0.3 is 28.6 Å². The third kappa shape index (κ3) is 31.2. The van der Waals surface area contributed by atoms with Gasteiger partial charge in [-0.3, -0.25) is 24.0 Å². The number of halogens is 8. The molecule has 1 aliphatic carbocycles. The standard InChI is InChI=1S/C18H16O2.C10H8O2.C10H10O.C8H7ClO.C7H6O2.C6H6O.C3H5BrO.CH4O.Al.BBr3.3ClH/c1-3-15-17(14-6-4-5-7-16(14)20-15)18(19)13-10-8-12(2)9-11-13;1-7(11)10-6-8-4-2-3-5-9(8)12-10;1-2-9-7-8-5-3-4-6-10(8)11-9;1-6-2-4-7(5-3-6)8(9)10;8-5-6-3-1-2-4-7(6)9;7-6-4-2-1-3-5-6;1-3(5)2-4;1-2;;2-1(3)4;;;/h4-11H,3H2,1-2H3;2-6H,1H3;3-7H,2H2,1H3;2-5H,1H3;1-5,8H;1-5,7H;2H2,1H3;2H,1H3;;;3*1H/q;;;;;;;;+3;;;;/p-3/i4D,5D,6D,7D;2D,3D,4D,5D;3D,4D,5D,6D;;1D,2D,3D,4D;1D,2D,3D,4D,5D;;;;;;;/hD. The van der Waals surface area contributed by atoms with Crippen molar-refractivity contribution in [3.8, 4) is 5.75 Å². The van der Waals surface area contributed by atoms with Gasteiger partial charge in [-0.1, -0.05) is 162 Å². The summed E-state index contributed by atoms with van der Waals surface area (Å²) in [6.07, 6.45) is 1.48. The number of phenols is 1. The molecule has 3 aromatic heterocycles. The maximum Gasteiger partial charge on any atom is 0.643 e. The molecule has 0 unspecified atom stereocenters. The molecule has 0 atom stereocenters. The molecular weight excluding hydrogens is 1430 g/mol. The Hall–Kier alpha value is -5.25. The number of aryl methyl sites for hydroxylation is 4. The average Bonchev–Trinajstić information content (AvgIpc) is 1.59. The van der Waals surface area contributed by atoms with Crippen LogP contribution in [0.4, 0.5) is 0 Å². The normalized spacial score (nSPS) is 14.9. The Morgan fingerprint density at radius 3 is 1.58 bits per heavy atom. The minimum atomic E-state index is -1.72. The zero-order valence-electron chi connectivity index (χ0n) is 67.2. The monoisotopic (exact) mass is 1510 g/mol. The van der Waals surface area contributed by atoms with Crippen LogP contribution in [0.3, 0.4) is 0 Å². The molecule has 442 valence electrons. The second kappa shape index (κ2) is 44.2. The number of Topliss-reactive ketones (excluding diaryl/α,β-unsaturated/α-hetero) is 2. The van der Waals surface area contributed by atoms with Gasteiger partial charge in [0.05, 0.1) is 51.5 Å². The van der Waals surface area contributed by atoms with E-state index in [0.717, 1.165) is 18.2 Å². The number of ketones is 4. The van der Waals surface area contributed by atoms with Crippen molar-refractivity contribution in [2.45, 2.75) is 54.4 Å². The highest BCUT2D eigenvalue weighted by atomic mass is 79.9. The molecule has 0 saturated heterocycles. The smallest absolute Gasteiger partial charge is 0.515 e. The molecule has 21 heteroatoms. The number of rotatable bonds is 8. The van der Waals surface area contributed by atoms with Crippen molar-refractivity contribution >= 4 is 181 Å². The van der Waals surface area contributed by atoms with Crippen LogP contribution in [0.5, 0.6) is 5.75 Å². The number of aliphatic hydroxyl groups excluding tert-OH is 2. The van der Waals surface area contributed by atoms with Crippen molar-refractivity contribution < 1.29 is 81.3 Å². The van der Waals surface area contributed by atoms with E-state index in [1.807, 2.05) is 52.0 Å². The van der Waals surface area contributed by atoms with E-state index in [1.165, 1.54) is 19.9 Å². The number of aliphatic hydroxyl groups is 2. The van der Waals surface area contributed by atoms with Crippen molar-refractivity contribution in [1.29, 1.82) is 1.43 Å². The van der Waals surface area contributed by atoms with Crippen molar-refractivity contribution in [2.24, 2.45) is 0 Å². The van der Waals surface area contributed by atoms with E-state index in [2.05, 4.69) is 68.3 Å². The van der Waals surface area contributed by atoms with E-state index >= 15 is 0 Å². The molecule has 11 nitrogen and oxygen atoms in total. The zero-order valence-corrected chi connectivity index (χ0v) is 55.7. The first-order valence-electron chi connectivity index (χ1n) is 34.4. The molecule has 1 aliphatic rings. The van der Waals surface area contributed by atoms with Gasteiger partial charge in [0.2, 0.25) is 0 Å². The van der Waals surface area contributed by atoms with Gasteiger partial charge in [-0.05, 0) is 99.0 Å². The van der Waals surface area contributed by atoms with Crippen LogP contribution >= 0.6 is 105 Å². The fraction of sp³-hybridized carbons (Fsp3) is 0.159. The molecule has 0 aliphatic heterocycles. The van der Waals surface area contributed by atoms with Gasteiger partial charge in [-0.2, -0.15) is 0 Å². The molecule has 0 fully saturated rings. The molecule has 0 spiro atoms. The van der Waals surface area contributed by atoms with E-state index in [0.29, 0.717) is 52.5 Å². The van der Waals surface area contributed by atoms with E-state index < -0.39 is 88.2 Å². The Morgan fingerprint density at radius 1 is 0.667 bits per heavy atom. The second-order valence-corrected chi connectivity index (χ2v) is 28.9. The van der Waals surface area contributed by atoms with Crippen LogP contribution < -0.4 is 0 Å². The van der Waals surface area contributed by atoms with Crippen LogP contribution in [0.25, 0.3) is 32.9 Å². The SMILES string of the molecule is BrB(Br)Br.CC(=O)CBr.CO.Cc1ccc(C(=O)Cl)cc1.[2H]C1=C([2H])C([2H])=C([2H])C(=CO)C1=O.[2H]Oc1c([2H])c([2H])c([2H])c([2H])c1[2H].[2H]c1c([2H])c([2H])c2c(C(=O)c3ccc(C)cc3)c(CC)oc2c1[2H].[2H]c1c([2H])c([2H])c2oc(C(C)=O)cc2c1[2H].[2H]c1c([2H])c([2H])c2oc(CC)cc2c1[2H].[Cl][Al]([Cl])[Cl]. The number of carbonyl (C=O) groups excluding carboxylic acids is 5. The molecule has 0 amide bonds. The lowest BCUT2D eigenvalue weighted by atomic mass is 9.99. The highest BCUT2D eigenvalue weighted by Crippen LogP contribution is 2.29. The fourth-order valence-corrected chi connectivity index (χ4v) is 5.58. The van der Waals surface area contributed by atoms with Gasteiger partial charge in [0, 0.05) is 54.2 Å². The summed E-state index contributed by atoms with van der Waals surface area (Å²) in [6.45, 7) is 10.5. The first-order chi connectivity index (χ1) is 49.3. The van der Waals surface area contributed by atoms with Crippen LogP contribution in [-0.4, -0.2) is 72.1 Å². The summed E-state index contributed by atoms with van der Waals surface area (Å²) in [5.74, 6) is -0.685. The van der Waals surface area contributed by atoms with Gasteiger partial charge in [0.1, 0.15) is 39.8 Å². The lowest BCUT2D eigenvalue weighted by molar-refractivity contribution is -0.114. The highest BCUT2D eigenvalue weighted by molar-refractivity contribution is 9.69. The number of para-hydroxylation sites is 4. The van der Waals surface area contributed by atoms with Crippen molar-refractivity contribution in [3.05, 3.63) is 245 Å². The highest BCUT2D eigenvalue weighted by Gasteiger charge is 2.20. The predicted octanol–water partition coefficient (Wildman–Crippen LogP) is 19.5. The van der Waals surface area contributed by atoms with Gasteiger partial charge in [0.25, 0.3) is 6.67 Å². The number of hydrogen-bond donors (Lipinski definition) is 3. The average molecular weight is 1520 g/mol. The topological polar surface area (TPSA) is 185 Å². The summed E-state index contributed by atoms with van der Waals surface area (Å²) < 4.78 is 180. The Labute approximate surface area is 576 Å². The molecule has 6 aromatic carbocycles.